The molecule has 0 saturated carbocycles. The van der Waals surface area contributed by atoms with Gasteiger partial charge in [-0.25, -0.2) is 4.39 Å². The molecule has 17 heavy (non-hydrogen) atoms. The van der Waals surface area contributed by atoms with Crippen LogP contribution in [-0.4, -0.2) is 13.6 Å². The number of halogens is 1. The third kappa shape index (κ3) is 3.70. The second-order valence-corrected chi connectivity index (χ2v) is 4.59. The molecule has 0 aliphatic rings. The molecule has 0 aliphatic carbocycles. The van der Waals surface area contributed by atoms with Gasteiger partial charge in [0.25, 0.3) is 0 Å². The van der Waals surface area contributed by atoms with Crippen molar-refractivity contribution in [2.24, 2.45) is 5.73 Å². The van der Waals surface area contributed by atoms with Crippen molar-refractivity contribution >= 4 is 5.69 Å². The average Bonchev–Trinajstić information content (AvgIpc) is 2.28. The van der Waals surface area contributed by atoms with E-state index in [4.69, 9.17) is 5.73 Å². The maximum Gasteiger partial charge on any atom is 0.130 e. The molecule has 0 unspecified atom stereocenters. The number of hydrogen-bond acceptors (Lipinski definition) is 2. The van der Waals surface area contributed by atoms with E-state index < -0.39 is 0 Å². The number of nitrogens with zero attached hydrogens (tertiary/aromatic N) is 1. The zero-order valence-electron chi connectivity index (χ0n) is 11.0. The van der Waals surface area contributed by atoms with Crippen LogP contribution in [0.2, 0.25) is 0 Å². The minimum absolute atomic E-state index is 0.208. The van der Waals surface area contributed by atoms with E-state index in [0.29, 0.717) is 5.56 Å². The maximum absolute atomic E-state index is 13.7. The molecule has 1 atom stereocenters. The average molecular weight is 238 g/mol. The van der Waals surface area contributed by atoms with Crippen LogP contribution in [0.3, 0.4) is 0 Å². The fraction of sp³-hybridized carbons (Fsp3) is 0.571. The molecule has 96 valence electrons. The molecule has 1 aromatic carbocycles. The Balaban J connectivity index is 2.85. The normalized spacial score (nSPS) is 12.5. The first-order valence-corrected chi connectivity index (χ1v) is 6.33. The SMILES string of the molecule is CCCCCN(C)c1cccc(F)c1[C@@H](C)N. The van der Waals surface area contributed by atoms with Crippen LogP contribution < -0.4 is 10.6 Å². The largest absolute Gasteiger partial charge is 0.374 e. The lowest BCUT2D eigenvalue weighted by Crippen LogP contribution is -2.22. The smallest absolute Gasteiger partial charge is 0.130 e. The van der Waals surface area contributed by atoms with Crippen LogP contribution in [0.1, 0.15) is 44.7 Å². The summed E-state index contributed by atoms with van der Waals surface area (Å²) in [5.41, 5.74) is 7.37. The van der Waals surface area contributed by atoms with Crippen LogP contribution in [0.4, 0.5) is 10.1 Å². The fourth-order valence-electron chi connectivity index (χ4n) is 2.03. The van der Waals surface area contributed by atoms with E-state index in [0.717, 1.165) is 18.7 Å². The minimum atomic E-state index is -0.278. The molecular weight excluding hydrogens is 215 g/mol. The van der Waals surface area contributed by atoms with E-state index in [-0.39, 0.29) is 11.9 Å². The number of nitrogens with two attached hydrogens (primary N) is 1. The molecular formula is C14H23FN2. The van der Waals surface area contributed by atoms with E-state index in [1.54, 1.807) is 6.07 Å². The van der Waals surface area contributed by atoms with Crippen LogP contribution in [0.5, 0.6) is 0 Å². The second kappa shape index (κ2) is 6.60. The van der Waals surface area contributed by atoms with Gasteiger partial charge < -0.3 is 10.6 Å². The Morgan fingerprint density at radius 2 is 2.06 bits per heavy atom. The highest BCUT2D eigenvalue weighted by molar-refractivity contribution is 5.54. The van der Waals surface area contributed by atoms with Crippen molar-refractivity contribution in [2.75, 3.05) is 18.5 Å². The molecule has 0 spiro atoms. The summed E-state index contributed by atoms with van der Waals surface area (Å²) in [5, 5.41) is 0. The van der Waals surface area contributed by atoms with Crippen LogP contribution in [0.15, 0.2) is 18.2 Å². The molecule has 0 radical (unpaired) electrons. The number of benzene rings is 1. The highest BCUT2D eigenvalue weighted by atomic mass is 19.1. The molecule has 0 aromatic heterocycles. The first kappa shape index (κ1) is 14.0. The van der Waals surface area contributed by atoms with E-state index in [1.807, 2.05) is 20.0 Å². The Morgan fingerprint density at radius 3 is 2.65 bits per heavy atom. The molecule has 0 fully saturated rings. The third-order valence-electron chi connectivity index (χ3n) is 2.99. The molecule has 0 saturated heterocycles. The van der Waals surface area contributed by atoms with Gasteiger partial charge in [-0.05, 0) is 25.5 Å². The summed E-state index contributed by atoms with van der Waals surface area (Å²) in [6, 6.07) is 4.88. The van der Waals surface area contributed by atoms with Gasteiger partial charge in [-0.2, -0.15) is 0 Å². The number of hydrogen-bond donors (Lipinski definition) is 1. The lowest BCUT2D eigenvalue weighted by molar-refractivity contribution is 0.591. The third-order valence-corrected chi connectivity index (χ3v) is 2.99. The quantitative estimate of drug-likeness (QED) is 0.769. The van der Waals surface area contributed by atoms with Crippen LogP contribution in [-0.2, 0) is 0 Å². The Morgan fingerprint density at radius 1 is 1.35 bits per heavy atom. The first-order valence-electron chi connectivity index (χ1n) is 6.33. The van der Waals surface area contributed by atoms with Crippen molar-refractivity contribution in [3.63, 3.8) is 0 Å². The second-order valence-electron chi connectivity index (χ2n) is 4.59. The minimum Gasteiger partial charge on any atom is -0.374 e. The van der Waals surface area contributed by atoms with Gasteiger partial charge in [0.05, 0.1) is 0 Å². The highest BCUT2D eigenvalue weighted by Gasteiger charge is 2.14. The molecule has 0 bridgehead atoms. The lowest BCUT2D eigenvalue weighted by Gasteiger charge is -2.24. The Kier molecular flexibility index (Phi) is 5.42. The van der Waals surface area contributed by atoms with Gasteiger partial charge in [-0.1, -0.05) is 25.8 Å². The predicted octanol–water partition coefficient (Wildman–Crippen LogP) is 3.47. The molecule has 1 rings (SSSR count). The van der Waals surface area contributed by atoms with Gasteiger partial charge in [-0.15, -0.1) is 0 Å². The molecule has 0 aliphatic heterocycles. The maximum atomic E-state index is 13.7. The summed E-state index contributed by atoms with van der Waals surface area (Å²) < 4.78 is 13.7. The summed E-state index contributed by atoms with van der Waals surface area (Å²) in [7, 11) is 2.00. The van der Waals surface area contributed by atoms with Gasteiger partial charge in [-0.3, -0.25) is 0 Å². The standard InChI is InChI=1S/C14H23FN2/c1-4-5-6-10-17(3)13-9-7-8-12(15)14(13)11(2)16/h7-9,11H,4-6,10,16H2,1-3H3/t11-/m1/s1. The van der Waals surface area contributed by atoms with Crippen molar-refractivity contribution in [2.45, 2.75) is 39.2 Å². The zero-order chi connectivity index (χ0) is 12.8. The summed E-state index contributed by atoms with van der Waals surface area (Å²) >= 11 is 0. The van der Waals surface area contributed by atoms with Crippen molar-refractivity contribution in [1.29, 1.82) is 0 Å². The molecule has 0 amide bonds. The molecule has 3 heteroatoms. The molecule has 1 aromatic rings. The number of anilines is 1. The van der Waals surface area contributed by atoms with Crippen molar-refractivity contribution in [3.8, 4) is 0 Å². The predicted molar refractivity (Wildman–Crippen MR) is 71.8 cm³/mol. The van der Waals surface area contributed by atoms with Crippen LogP contribution in [0.25, 0.3) is 0 Å². The van der Waals surface area contributed by atoms with E-state index in [2.05, 4.69) is 11.8 Å². The van der Waals surface area contributed by atoms with Gasteiger partial charge in [0.2, 0.25) is 0 Å². The van der Waals surface area contributed by atoms with Crippen LogP contribution >= 0.6 is 0 Å². The zero-order valence-corrected chi connectivity index (χ0v) is 11.0. The van der Waals surface area contributed by atoms with Crippen LogP contribution in [0, 0.1) is 5.82 Å². The number of rotatable bonds is 6. The Labute approximate surface area is 104 Å². The molecule has 2 nitrogen and oxygen atoms in total. The number of unbranched alkanes of at least 4 members (excludes halogenated alkanes) is 2. The Hall–Kier alpha value is -1.09. The summed E-state index contributed by atoms with van der Waals surface area (Å²) in [6.07, 6.45) is 3.52. The topological polar surface area (TPSA) is 29.3 Å². The van der Waals surface area contributed by atoms with E-state index in [9.17, 15) is 4.39 Å². The monoisotopic (exact) mass is 238 g/mol. The van der Waals surface area contributed by atoms with Gasteiger partial charge in [0.15, 0.2) is 0 Å². The van der Waals surface area contributed by atoms with Crippen molar-refractivity contribution < 1.29 is 4.39 Å². The summed E-state index contributed by atoms with van der Waals surface area (Å²) in [4.78, 5) is 2.09. The van der Waals surface area contributed by atoms with Gasteiger partial charge in [0, 0.05) is 30.9 Å². The van der Waals surface area contributed by atoms with Gasteiger partial charge >= 0.3 is 0 Å². The fourth-order valence-corrected chi connectivity index (χ4v) is 2.03. The van der Waals surface area contributed by atoms with E-state index in [1.165, 1.54) is 18.9 Å². The summed E-state index contributed by atoms with van der Waals surface area (Å²) in [5.74, 6) is -0.208. The van der Waals surface area contributed by atoms with Gasteiger partial charge in [0.1, 0.15) is 5.82 Å². The van der Waals surface area contributed by atoms with Crippen molar-refractivity contribution in [1.82, 2.24) is 0 Å². The lowest BCUT2D eigenvalue weighted by atomic mass is 10.0. The Bertz CT molecular complexity index is 350. The molecule has 0 heterocycles. The highest BCUT2D eigenvalue weighted by Crippen LogP contribution is 2.27. The first-order chi connectivity index (χ1) is 8.07. The molecule has 2 N–H and O–H groups in total. The van der Waals surface area contributed by atoms with E-state index >= 15 is 0 Å². The summed E-state index contributed by atoms with van der Waals surface area (Å²) in [6.45, 7) is 4.94. The van der Waals surface area contributed by atoms with Crippen molar-refractivity contribution in [3.05, 3.63) is 29.6 Å².